The summed E-state index contributed by atoms with van der Waals surface area (Å²) in [4.78, 5) is 41.2. The second-order valence-electron chi connectivity index (χ2n) is 9.22. The van der Waals surface area contributed by atoms with Crippen molar-refractivity contribution in [3.63, 3.8) is 0 Å². The maximum atomic E-state index is 14.0. The number of rotatable bonds is 8. The Morgan fingerprint density at radius 3 is 2.48 bits per heavy atom. The molecule has 4 aromatic rings. The smallest absolute Gasteiger partial charge is 0.338 e. The van der Waals surface area contributed by atoms with E-state index in [0.717, 1.165) is 11.4 Å². The highest BCUT2D eigenvalue weighted by Gasteiger charge is 2.35. The first-order valence-electron chi connectivity index (χ1n) is 12.8. The van der Waals surface area contributed by atoms with E-state index < -0.39 is 12.0 Å². The van der Waals surface area contributed by atoms with E-state index in [4.69, 9.17) is 18.6 Å². The van der Waals surface area contributed by atoms with Gasteiger partial charge in [-0.05, 0) is 75.4 Å². The fraction of sp³-hybridized carbons (Fsp3) is 0.276. The standard InChI is InChI=1S/C29H27BrN4O6S2/c1-7-39-27(36)24-16(4)33-29-34(25(24)18-12-20(37-5)21(38-6)13-19(18)30)26(35)22(41-29)11-17-8-9-23(40-17)42-28-31-14(2)10-15(3)32-28/h8-13,25H,7H2,1-6H3/b22-11+/t25-/m0/s1. The maximum Gasteiger partial charge on any atom is 0.338 e. The third-order valence-corrected chi connectivity index (χ3v) is 8.80. The zero-order valence-corrected chi connectivity index (χ0v) is 26.9. The van der Waals surface area contributed by atoms with Gasteiger partial charge < -0.3 is 18.6 Å². The first-order chi connectivity index (χ1) is 20.1. The van der Waals surface area contributed by atoms with Crippen molar-refractivity contribution < 1.29 is 23.4 Å². The van der Waals surface area contributed by atoms with Crippen LogP contribution in [0, 0.1) is 13.8 Å². The van der Waals surface area contributed by atoms with E-state index >= 15 is 0 Å². The van der Waals surface area contributed by atoms with Gasteiger partial charge in [0.2, 0.25) is 0 Å². The number of carbonyl (C=O) groups excluding carboxylic acids is 1. The van der Waals surface area contributed by atoms with Gasteiger partial charge >= 0.3 is 5.97 Å². The predicted molar refractivity (Wildman–Crippen MR) is 162 cm³/mol. The van der Waals surface area contributed by atoms with Crippen LogP contribution >= 0.6 is 39.0 Å². The number of fused-ring (bicyclic) bond motifs is 1. The lowest BCUT2D eigenvalue weighted by Gasteiger charge is -2.26. The molecule has 5 rings (SSSR count). The molecule has 0 fully saturated rings. The van der Waals surface area contributed by atoms with Crippen molar-refractivity contribution in [2.45, 2.75) is 44.0 Å². The van der Waals surface area contributed by atoms with Crippen molar-refractivity contribution in [1.29, 1.82) is 0 Å². The number of nitrogens with zero attached hydrogens (tertiary/aromatic N) is 4. The lowest BCUT2D eigenvalue weighted by molar-refractivity contribution is -0.139. The van der Waals surface area contributed by atoms with Gasteiger partial charge in [-0.25, -0.2) is 19.8 Å². The summed E-state index contributed by atoms with van der Waals surface area (Å²) in [7, 11) is 3.06. The van der Waals surface area contributed by atoms with Gasteiger partial charge in [0.15, 0.2) is 26.5 Å². The van der Waals surface area contributed by atoms with Crippen LogP contribution in [0.4, 0.5) is 0 Å². The van der Waals surface area contributed by atoms with Gasteiger partial charge in [-0.1, -0.05) is 27.3 Å². The molecule has 42 heavy (non-hydrogen) atoms. The van der Waals surface area contributed by atoms with Crippen molar-refractivity contribution in [2.75, 3.05) is 20.8 Å². The Hall–Kier alpha value is -3.68. The number of ether oxygens (including phenoxy) is 3. The number of methoxy groups -OCH3 is 2. The summed E-state index contributed by atoms with van der Waals surface area (Å²) < 4.78 is 24.9. The molecule has 218 valence electrons. The van der Waals surface area contributed by atoms with Gasteiger partial charge in [-0.15, -0.1) is 0 Å². The third kappa shape index (κ3) is 5.81. The minimum absolute atomic E-state index is 0.172. The van der Waals surface area contributed by atoms with Crippen LogP contribution < -0.4 is 24.4 Å². The van der Waals surface area contributed by atoms with E-state index in [9.17, 15) is 9.59 Å². The number of furan rings is 1. The molecule has 1 aromatic carbocycles. The number of hydrogen-bond acceptors (Lipinski definition) is 11. The lowest BCUT2D eigenvalue weighted by Crippen LogP contribution is -2.40. The number of benzene rings is 1. The summed E-state index contributed by atoms with van der Waals surface area (Å²) in [5.41, 5.74) is 2.73. The topological polar surface area (TPSA) is 118 Å². The van der Waals surface area contributed by atoms with Crippen LogP contribution in [0.2, 0.25) is 0 Å². The normalized spacial score (nSPS) is 14.9. The number of aryl methyl sites for hydroxylation is 2. The molecule has 3 aromatic heterocycles. The van der Waals surface area contributed by atoms with Gasteiger partial charge in [0.25, 0.3) is 5.56 Å². The van der Waals surface area contributed by atoms with E-state index in [-0.39, 0.29) is 17.7 Å². The number of allylic oxidation sites excluding steroid dienone is 1. The Morgan fingerprint density at radius 1 is 1.12 bits per heavy atom. The molecular weight excluding hydrogens is 644 g/mol. The molecule has 0 saturated heterocycles. The molecule has 10 nitrogen and oxygen atoms in total. The number of halogens is 1. The lowest BCUT2D eigenvalue weighted by atomic mass is 9.95. The molecule has 0 aliphatic carbocycles. The Morgan fingerprint density at radius 2 is 1.81 bits per heavy atom. The van der Waals surface area contributed by atoms with Gasteiger partial charge in [0, 0.05) is 21.9 Å². The summed E-state index contributed by atoms with van der Waals surface area (Å²) in [5.74, 6) is 0.874. The minimum Gasteiger partial charge on any atom is -0.493 e. The second kappa shape index (κ2) is 12.3. The van der Waals surface area contributed by atoms with Gasteiger partial charge in [0.05, 0.1) is 42.7 Å². The Labute approximate surface area is 257 Å². The minimum atomic E-state index is -0.832. The predicted octanol–water partition coefficient (Wildman–Crippen LogP) is 4.73. The molecule has 0 N–H and O–H groups in total. The van der Waals surface area contributed by atoms with Crippen molar-refractivity contribution in [1.82, 2.24) is 14.5 Å². The molecule has 0 bridgehead atoms. The van der Waals surface area contributed by atoms with Crippen LogP contribution in [0.25, 0.3) is 6.08 Å². The van der Waals surface area contributed by atoms with E-state index in [1.807, 2.05) is 19.9 Å². The molecule has 0 spiro atoms. The first kappa shape index (κ1) is 29.8. The fourth-order valence-corrected chi connectivity index (χ4v) is 6.99. The van der Waals surface area contributed by atoms with E-state index in [1.54, 1.807) is 44.2 Å². The monoisotopic (exact) mass is 670 g/mol. The summed E-state index contributed by atoms with van der Waals surface area (Å²) >= 11 is 6.12. The number of esters is 1. The fourth-order valence-electron chi connectivity index (χ4n) is 4.59. The van der Waals surface area contributed by atoms with Crippen molar-refractivity contribution in [3.05, 3.63) is 88.5 Å². The van der Waals surface area contributed by atoms with Crippen LogP contribution in [0.3, 0.4) is 0 Å². The Bertz CT molecular complexity index is 1890. The Balaban J connectivity index is 1.62. The average molecular weight is 672 g/mol. The SMILES string of the molecule is CCOC(=O)C1=C(C)N=c2s/c(=C/c3ccc(Sc4nc(C)cc(C)n4)o3)c(=O)n2[C@H]1c1cc(OC)c(OC)cc1Br. The Kier molecular flexibility index (Phi) is 8.71. The van der Waals surface area contributed by atoms with Crippen LogP contribution in [0.1, 0.15) is 42.6 Å². The largest absolute Gasteiger partial charge is 0.493 e. The number of aromatic nitrogens is 3. The van der Waals surface area contributed by atoms with Crippen molar-refractivity contribution in [3.8, 4) is 11.5 Å². The highest BCUT2D eigenvalue weighted by atomic mass is 79.9. The summed E-state index contributed by atoms with van der Waals surface area (Å²) in [6.45, 7) is 7.46. The quantitative estimate of drug-likeness (QED) is 0.194. The van der Waals surface area contributed by atoms with E-state index in [0.29, 0.717) is 52.6 Å². The van der Waals surface area contributed by atoms with Crippen molar-refractivity contribution >= 4 is 51.1 Å². The zero-order valence-electron chi connectivity index (χ0n) is 23.7. The summed E-state index contributed by atoms with van der Waals surface area (Å²) in [6, 6.07) is 8.14. The van der Waals surface area contributed by atoms with Crippen LogP contribution in [-0.2, 0) is 9.53 Å². The van der Waals surface area contributed by atoms with Gasteiger partial charge in [0.1, 0.15) is 5.76 Å². The van der Waals surface area contributed by atoms with E-state index in [1.165, 1.54) is 41.9 Å². The molecule has 0 unspecified atom stereocenters. The molecule has 1 atom stereocenters. The molecule has 0 radical (unpaired) electrons. The molecule has 1 aliphatic rings. The van der Waals surface area contributed by atoms with Gasteiger partial charge in [-0.2, -0.15) is 0 Å². The average Bonchev–Trinajstić information content (AvgIpc) is 3.50. The van der Waals surface area contributed by atoms with Crippen LogP contribution in [0.15, 0.2) is 70.5 Å². The summed E-state index contributed by atoms with van der Waals surface area (Å²) in [6.07, 6.45) is 1.67. The molecular formula is C29H27BrN4O6S2. The molecule has 4 heterocycles. The van der Waals surface area contributed by atoms with Crippen molar-refractivity contribution in [2.24, 2.45) is 4.99 Å². The maximum absolute atomic E-state index is 14.0. The highest BCUT2D eigenvalue weighted by Crippen LogP contribution is 2.40. The van der Waals surface area contributed by atoms with Crippen LogP contribution in [0.5, 0.6) is 11.5 Å². The molecule has 13 heteroatoms. The number of thiazole rings is 1. The van der Waals surface area contributed by atoms with E-state index in [2.05, 4.69) is 30.9 Å². The molecule has 1 aliphatic heterocycles. The third-order valence-electron chi connectivity index (χ3n) is 6.34. The highest BCUT2D eigenvalue weighted by molar-refractivity contribution is 9.10. The van der Waals surface area contributed by atoms with Crippen LogP contribution in [-0.4, -0.2) is 41.3 Å². The summed E-state index contributed by atoms with van der Waals surface area (Å²) in [5, 5.41) is 1.17. The zero-order chi connectivity index (χ0) is 30.1. The number of carbonyl (C=O) groups is 1. The molecule has 0 amide bonds. The first-order valence-corrected chi connectivity index (χ1v) is 15.3. The van der Waals surface area contributed by atoms with Gasteiger partial charge in [-0.3, -0.25) is 9.36 Å². The molecule has 0 saturated carbocycles. The second-order valence-corrected chi connectivity index (χ2v) is 12.1. The number of hydrogen-bond donors (Lipinski definition) is 0.